The van der Waals surface area contributed by atoms with Gasteiger partial charge in [-0.15, -0.1) is 0 Å². The maximum atomic E-state index is 12.9. The number of rotatable bonds is 2. The summed E-state index contributed by atoms with van der Waals surface area (Å²) < 4.78 is 44.5. The van der Waals surface area contributed by atoms with Gasteiger partial charge >= 0.3 is 12.3 Å². The van der Waals surface area contributed by atoms with E-state index >= 15 is 0 Å². The summed E-state index contributed by atoms with van der Waals surface area (Å²) in [6, 6.07) is 3.53. The van der Waals surface area contributed by atoms with Gasteiger partial charge in [0.25, 0.3) is 0 Å². The molecule has 0 aromatic heterocycles. The molecule has 8 heteroatoms. The van der Waals surface area contributed by atoms with Crippen LogP contribution in [0.25, 0.3) is 0 Å². The fourth-order valence-electron chi connectivity index (χ4n) is 2.57. The minimum Gasteiger partial charge on any atom is -0.444 e. The molecular formula is C17H22BrF3N2O2. The molecule has 1 aliphatic rings. The van der Waals surface area contributed by atoms with Gasteiger partial charge in [-0.2, -0.15) is 13.2 Å². The number of likely N-dealkylation sites (tertiary alicyclic amines) is 1. The van der Waals surface area contributed by atoms with Crippen molar-refractivity contribution >= 4 is 27.7 Å². The van der Waals surface area contributed by atoms with Crippen molar-refractivity contribution in [2.45, 2.75) is 51.4 Å². The highest BCUT2D eigenvalue weighted by atomic mass is 79.9. The molecule has 0 radical (unpaired) electrons. The van der Waals surface area contributed by atoms with Crippen molar-refractivity contribution in [3.63, 3.8) is 0 Å². The summed E-state index contributed by atoms with van der Waals surface area (Å²) in [5, 5.41) is 3.14. The fraction of sp³-hybridized carbons (Fsp3) is 0.588. The second-order valence-electron chi connectivity index (χ2n) is 7.08. The van der Waals surface area contributed by atoms with E-state index in [4.69, 9.17) is 4.74 Å². The van der Waals surface area contributed by atoms with Gasteiger partial charge in [0.15, 0.2) is 0 Å². The van der Waals surface area contributed by atoms with Gasteiger partial charge in [0.05, 0.1) is 5.56 Å². The maximum absolute atomic E-state index is 12.9. The second kappa shape index (κ2) is 7.43. The van der Waals surface area contributed by atoms with Crippen molar-refractivity contribution in [1.82, 2.24) is 4.90 Å². The van der Waals surface area contributed by atoms with E-state index in [9.17, 15) is 18.0 Å². The lowest BCUT2D eigenvalue weighted by atomic mass is 10.0. The molecule has 0 aliphatic carbocycles. The minimum atomic E-state index is -4.38. The molecular weight excluding hydrogens is 401 g/mol. The van der Waals surface area contributed by atoms with E-state index in [1.54, 1.807) is 4.90 Å². The highest BCUT2D eigenvalue weighted by molar-refractivity contribution is 9.10. The van der Waals surface area contributed by atoms with Gasteiger partial charge in [0, 0.05) is 29.3 Å². The summed E-state index contributed by atoms with van der Waals surface area (Å²) >= 11 is 3.28. The molecule has 1 fully saturated rings. The Kier molecular flexibility index (Phi) is 5.91. The predicted octanol–water partition coefficient (Wildman–Crippen LogP) is 5.28. The quantitative estimate of drug-likeness (QED) is 0.704. The van der Waals surface area contributed by atoms with E-state index in [1.807, 2.05) is 20.8 Å². The number of anilines is 1. The molecule has 2 rings (SSSR count). The Morgan fingerprint density at radius 1 is 1.24 bits per heavy atom. The number of alkyl halides is 3. The number of hydrogen-bond donors (Lipinski definition) is 1. The molecule has 0 saturated carbocycles. The molecule has 1 heterocycles. The lowest BCUT2D eigenvalue weighted by molar-refractivity contribution is -0.137. The zero-order valence-corrected chi connectivity index (χ0v) is 16.0. The molecule has 1 N–H and O–H groups in total. The van der Waals surface area contributed by atoms with E-state index in [2.05, 4.69) is 21.2 Å². The second-order valence-corrected chi connectivity index (χ2v) is 7.93. The Balaban J connectivity index is 1.95. The summed E-state index contributed by atoms with van der Waals surface area (Å²) in [5.41, 5.74) is -0.829. The molecule has 0 atom stereocenters. The smallest absolute Gasteiger partial charge is 0.416 e. The van der Waals surface area contributed by atoms with Crippen molar-refractivity contribution in [2.24, 2.45) is 0 Å². The van der Waals surface area contributed by atoms with Crippen molar-refractivity contribution in [3.8, 4) is 0 Å². The van der Waals surface area contributed by atoms with E-state index in [0.717, 1.165) is 12.1 Å². The number of amides is 1. The van der Waals surface area contributed by atoms with E-state index < -0.39 is 17.3 Å². The van der Waals surface area contributed by atoms with Gasteiger partial charge in [-0.25, -0.2) is 4.79 Å². The molecule has 1 aliphatic heterocycles. The number of carbonyl (C=O) groups excluding carboxylic acids is 1. The number of hydrogen-bond acceptors (Lipinski definition) is 3. The molecule has 1 saturated heterocycles. The summed E-state index contributed by atoms with van der Waals surface area (Å²) in [6.07, 6.45) is -3.45. The fourth-order valence-corrected chi connectivity index (χ4v) is 2.93. The highest BCUT2D eigenvalue weighted by Crippen LogP contribution is 2.34. The van der Waals surface area contributed by atoms with Crippen molar-refractivity contribution in [3.05, 3.63) is 28.2 Å². The molecule has 0 bridgehead atoms. The first-order chi connectivity index (χ1) is 11.5. The van der Waals surface area contributed by atoms with Gasteiger partial charge in [0.1, 0.15) is 5.60 Å². The molecule has 140 valence electrons. The van der Waals surface area contributed by atoms with E-state index in [-0.39, 0.29) is 12.1 Å². The average Bonchev–Trinajstić information content (AvgIpc) is 2.47. The van der Waals surface area contributed by atoms with Gasteiger partial charge in [-0.1, -0.05) is 0 Å². The van der Waals surface area contributed by atoms with Crippen molar-refractivity contribution in [2.75, 3.05) is 18.4 Å². The first-order valence-electron chi connectivity index (χ1n) is 8.07. The SMILES string of the molecule is CC(C)(C)OC(=O)N1CCC(Nc2cc(C(F)(F)F)ccc2Br)CC1. The normalized spacial score (nSPS) is 16.7. The molecule has 0 unspecified atom stereocenters. The first kappa shape index (κ1) is 19.9. The number of carbonyl (C=O) groups is 1. The van der Waals surface area contributed by atoms with Crippen LogP contribution in [-0.4, -0.2) is 35.7 Å². The van der Waals surface area contributed by atoms with Crippen molar-refractivity contribution in [1.29, 1.82) is 0 Å². The van der Waals surface area contributed by atoms with Crippen LogP contribution >= 0.6 is 15.9 Å². The van der Waals surface area contributed by atoms with Gasteiger partial charge in [0.2, 0.25) is 0 Å². The zero-order valence-electron chi connectivity index (χ0n) is 14.4. The number of benzene rings is 1. The summed E-state index contributed by atoms with van der Waals surface area (Å²) in [7, 11) is 0. The molecule has 4 nitrogen and oxygen atoms in total. The molecule has 1 aromatic carbocycles. The number of piperidine rings is 1. The van der Waals surface area contributed by atoms with Gasteiger partial charge < -0.3 is 15.0 Å². The van der Waals surface area contributed by atoms with Crippen LogP contribution in [0.2, 0.25) is 0 Å². The van der Waals surface area contributed by atoms with Crippen LogP contribution in [0, 0.1) is 0 Å². The topological polar surface area (TPSA) is 41.6 Å². The van der Waals surface area contributed by atoms with Crippen LogP contribution in [-0.2, 0) is 10.9 Å². The Labute approximate surface area is 153 Å². The van der Waals surface area contributed by atoms with E-state index in [0.29, 0.717) is 36.1 Å². The first-order valence-corrected chi connectivity index (χ1v) is 8.86. The Morgan fingerprint density at radius 2 is 1.84 bits per heavy atom. The lowest BCUT2D eigenvalue weighted by Gasteiger charge is -2.34. The Bertz CT molecular complexity index is 621. The molecule has 0 spiro atoms. The largest absolute Gasteiger partial charge is 0.444 e. The zero-order chi connectivity index (χ0) is 18.8. The van der Waals surface area contributed by atoms with E-state index in [1.165, 1.54) is 6.07 Å². The molecule has 25 heavy (non-hydrogen) atoms. The van der Waals surface area contributed by atoms with Crippen LogP contribution in [0.4, 0.5) is 23.7 Å². The van der Waals surface area contributed by atoms with Crippen LogP contribution in [0.15, 0.2) is 22.7 Å². The Morgan fingerprint density at radius 3 is 2.36 bits per heavy atom. The number of nitrogens with zero attached hydrogens (tertiary/aromatic N) is 1. The molecule has 1 amide bonds. The summed E-state index contributed by atoms with van der Waals surface area (Å²) in [5.74, 6) is 0. The standard InChI is InChI=1S/C17H22BrF3N2O2/c1-16(2,3)25-15(24)23-8-6-12(7-9-23)22-14-10-11(17(19,20)21)4-5-13(14)18/h4-5,10,12,22H,6-9H2,1-3H3. The lowest BCUT2D eigenvalue weighted by Crippen LogP contribution is -2.44. The number of halogens is 4. The number of nitrogens with one attached hydrogen (secondary N) is 1. The Hall–Kier alpha value is -1.44. The highest BCUT2D eigenvalue weighted by Gasteiger charge is 2.31. The third-order valence-corrected chi connectivity index (χ3v) is 4.49. The third kappa shape index (κ3) is 5.80. The van der Waals surface area contributed by atoms with Gasteiger partial charge in [-0.3, -0.25) is 0 Å². The predicted molar refractivity (Wildman–Crippen MR) is 93.6 cm³/mol. The van der Waals surface area contributed by atoms with Gasteiger partial charge in [-0.05, 0) is 67.7 Å². The molecule has 1 aromatic rings. The monoisotopic (exact) mass is 422 g/mol. The van der Waals surface area contributed by atoms with Crippen LogP contribution < -0.4 is 5.32 Å². The third-order valence-electron chi connectivity index (χ3n) is 3.80. The van der Waals surface area contributed by atoms with Crippen LogP contribution in [0.1, 0.15) is 39.2 Å². The maximum Gasteiger partial charge on any atom is 0.416 e. The van der Waals surface area contributed by atoms with Crippen molar-refractivity contribution < 1.29 is 22.7 Å². The minimum absolute atomic E-state index is 0.00142. The summed E-state index contributed by atoms with van der Waals surface area (Å²) in [4.78, 5) is 13.7. The average molecular weight is 423 g/mol. The van der Waals surface area contributed by atoms with Crippen LogP contribution in [0.3, 0.4) is 0 Å². The number of ether oxygens (including phenoxy) is 1. The van der Waals surface area contributed by atoms with Crippen LogP contribution in [0.5, 0.6) is 0 Å². The summed E-state index contributed by atoms with van der Waals surface area (Å²) in [6.45, 7) is 6.44.